The Labute approximate surface area is 112 Å². The minimum atomic E-state index is -3.48. The van der Waals surface area contributed by atoms with E-state index in [4.69, 9.17) is 4.74 Å². The van der Waals surface area contributed by atoms with E-state index < -0.39 is 9.84 Å². The Bertz CT molecular complexity index is 761. The Kier molecular flexibility index (Phi) is 2.64. The third-order valence-corrected chi connectivity index (χ3v) is 5.13. The molecule has 2 aromatic carbocycles. The molecule has 98 valence electrons. The summed E-state index contributed by atoms with van der Waals surface area (Å²) < 4.78 is 30.9. The fourth-order valence-corrected chi connectivity index (χ4v) is 3.75. The van der Waals surface area contributed by atoms with Crippen LogP contribution in [0, 0.1) is 6.92 Å². The van der Waals surface area contributed by atoms with Crippen LogP contribution in [0.1, 0.15) is 18.1 Å². The number of aryl methyl sites for hydroxylation is 2. The van der Waals surface area contributed by atoms with E-state index in [1.54, 1.807) is 30.3 Å². The van der Waals surface area contributed by atoms with Crippen molar-refractivity contribution in [2.24, 2.45) is 0 Å². The van der Waals surface area contributed by atoms with Crippen molar-refractivity contribution < 1.29 is 13.2 Å². The highest BCUT2D eigenvalue weighted by Gasteiger charge is 2.31. The van der Waals surface area contributed by atoms with E-state index >= 15 is 0 Å². The van der Waals surface area contributed by atoms with Gasteiger partial charge >= 0.3 is 0 Å². The van der Waals surface area contributed by atoms with Gasteiger partial charge in [-0.2, -0.15) is 0 Å². The summed E-state index contributed by atoms with van der Waals surface area (Å²) in [4.78, 5) is 0.516. The highest BCUT2D eigenvalue weighted by molar-refractivity contribution is 7.91. The molecule has 3 rings (SSSR count). The van der Waals surface area contributed by atoms with Gasteiger partial charge in [-0.1, -0.05) is 19.1 Å². The molecule has 0 unspecified atom stereocenters. The Balaban J connectivity index is 2.28. The van der Waals surface area contributed by atoms with Gasteiger partial charge in [-0.05, 0) is 48.7 Å². The van der Waals surface area contributed by atoms with E-state index in [0.717, 1.165) is 17.5 Å². The van der Waals surface area contributed by atoms with Gasteiger partial charge in [0.2, 0.25) is 9.84 Å². The first kappa shape index (κ1) is 12.2. The zero-order valence-corrected chi connectivity index (χ0v) is 11.6. The van der Waals surface area contributed by atoms with Gasteiger partial charge in [-0.25, -0.2) is 8.42 Å². The third kappa shape index (κ3) is 1.83. The maximum absolute atomic E-state index is 12.6. The topological polar surface area (TPSA) is 43.4 Å². The second-order valence-electron chi connectivity index (χ2n) is 4.69. The normalized spacial score (nSPS) is 15.3. The molecule has 0 aromatic heterocycles. The number of hydrogen-bond acceptors (Lipinski definition) is 3. The lowest BCUT2D eigenvalue weighted by Gasteiger charge is -2.21. The van der Waals surface area contributed by atoms with Crippen LogP contribution in [0.3, 0.4) is 0 Å². The SMILES string of the molecule is CCc1ccc2c(c1)S(=O)(=O)c1ccc(C)cc1O2. The van der Waals surface area contributed by atoms with Gasteiger partial charge in [0, 0.05) is 0 Å². The molecular weight excluding hydrogens is 260 g/mol. The van der Waals surface area contributed by atoms with E-state index in [0.29, 0.717) is 11.5 Å². The number of hydrogen-bond donors (Lipinski definition) is 0. The van der Waals surface area contributed by atoms with Gasteiger partial charge in [0.05, 0.1) is 0 Å². The van der Waals surface area contributed by atoms with Gasteiger partial charge < -0.3 is 4.74 Å². The molecule has 2 aromatic rings. The summed E-state index contributed by atoms with van der Waals surface area (Å²) in [5.41, 5.74) is 1.96. The van der Waals surface area contributed by atoms with Gasteiger partial charge in [0.25, 0.3) is 0 Å². The van der Waals surface area contributed by atoms with Crippen molar-refractivity contribution in [2.75, 3.05) is 0 Å². The van der Waals surface area contributed by atoms with Crippen molar-refractivity contribution in [1.82, 2.24) is 0 Å². The fraction of sp³-hybridized carbons (Fsp3) is 0.200. The predicted molar refractivity (Wildman–Crippen MR) is 72.5 cm³/mol. The van der Waals surface area contributed by atoms with Crippen LogP contribution in [0.15, 0.2) is 46.2 Å². The monoisotopic (exact) mass is 274 g/mol. The number of rotatable bonds is 1. The third-order valence-electron chi connectivity index (χ3n) is 3.31. The first-order chi connectivity index (χ1) is 9.02. The average molecular weight is 274 g/mol. The van der Waals surface area contributed by atoms with E-state index in [9.17, 15) is 8.42 Å². The molecular formula is C15H14O3S. The largest absolute Gasteiger partial charge is 0.455 e. The number of fused-ring (bicyclic) bond motifs is 2. The first-order valence-electron chi connectivity index (χ1n) is 6.19. The standard InChI is InChI=1S/C15H14O3S/c1-3-11-5-6-12-15(9-11)19(16,17)14-7-4-10(2)8-13(14)18-12/h4-9H,3H2,1-2H3. The van der Waals surface area contributed by atoms with Crippen LogP contribution in [0.5, 0.6) is 11.5 Å². The van der Waals surface area contributed by atoms with Crippen molar-refractivity contribution in [1.29, 1.82) is 0 Å². The van der Waals surface area contributed by atoms with Crippen LogP contribution in [-0.4, -0.2) is 8.42 Å². The van der Waals surface area contributed by atoms with Crippen LogP contribution >= 0.6 is 0 Å². The minimum absolute atomic E-state index is 0.249. The summed E-state index contributed by atoms with van der Waals surface area (Å²) in [6.07, 6.45) is 0.795. The van der Waals surface area contributed by atoms with Crippen molar-refractivity contribution in [3.05, 3.63) is 47.5 Å². The molecule has 1 heterocycles. The lowest BCUT2D eigenvalue weighted by molar-refractivity contribution is 0.442. The Hall–Kier alpha value is -1.81. The highest BCUT2D eigenvalue weighted by atomic mass is 32.2. The Morgan fingerprint density at radius 1 is 1.00 bits per heavy atom. The quantitative estimate of drug-likeness (QED) is 0.682. The number of ether oxygens (including phenoxy) is 1. The molecule has 0 spiro atoms. The molecule has 1 aliphatic heterocycles. The molecule has 0 aliphatic carbocycles. The minimum Gasteiger partial charge on any atom is -0.455 e. The van der Waals surface area contributed by atoms with Gasteiger partial charge in [0.1, 0.15) is 21.3 Å². The molecule has 0 bridgehead atoms. The van der Waals surface area contributed by atoms with E-state index in [-0.39, 0.29) is 9.79 Å². The summed E-state index contributed by atoms with van der Waals surface area (Å²) >= 11 is 0. The van der Waals surface area contributed by atoms with Crippen LogP contribution < -0.4 is 4.74 Å². The molecule has 0 atom stereocenters. The van der Waals surface area contributed by atoms with Crippen molar-refractivity contribution in [3.8, 4) is 11.5 Å². The first-order valence-corrected chi connectivity index (χ1v) is 7.67. The van der Waals surface area contributed by atoms with Crippen LogP contribution in [0.4, 0.5) is 0 Å². The second-order valence-corrected chi connectivity index (χ2v) is 6.58. The van der Waals surface area contributed by atoms with Gasteiger partial charge in [-0.3, -0.25) is 0 Å². The molecule has 0 radical (unpaired) electrons. The summed E-state index contributed by atoms with van der Waals surface area (Å²) in [6, 6.07) is 10.5. The highest BCUT2D eigenvalue weighted by Crippen LogP contribution is 2.43. The fourth-order valence-electron chi connectivity index (χ4n) is 2.22. The van der Waals surface area contributed by atoms with E-state index in [1.165, 1.54) is 0 Å². The Morgan fingerprint density at radius 2 is 1.79 bits per heavy atom. The van der Waals surface area contributed by atoms with Crippen molar-refractivity contribution >= 4 is 9.84 Å². The molecule has 19 heavy (non-hydrogen) atoms. The van der Waals surface area contributed by atoms with Crippen LogP contribution in [0.2, 0.25) is 0 Å². The average Bonchev–Trinajstić information content (AvgIpc) is 2.38. The maximum Gasteiger partial charge on any atom is 0.213 e. The summed E-state index contributed by atoms with van der Waals surface area (Å²) in [7, 11) is -3.48. The second kappa shape index (κ2) is 4.10. The smallest absolute Gasteiger partial charge is 0.213 e. The zero-order valence-electron chi connectivity index (χ0n) is 10.8. The molecule has 0 saturated heterocycles. The number of sulfone groups is 1. The molecule has 3 nitrogen and oxygen atoms in total. The lowest BCUT2D eigenvalue weighted by atomic mass is 10.1. The van der Waals surface area contributed by atoms with E-state index in [2.05, 4.69) is 0 Å². The maximum atomic E-state index is 12.6. The van der Waals surface area contributed by atoms with E-state index in [1.807, 2.05) is 19.9 Å². The Morgan fingerprint density at radius 3 is 2.53 bits per heavy atom. The lowest BCUT2D eigenvalue weighted by Crippen LogP contribution is -2.11. The summed E-state index contributed by atoms with van der Waals surface area (Å²) in [6.45, 7) is 3.90. The summed E-state index contributed by atoms with van der Waals surface area (Å²) in [5, 5.41) is 0. The van der Waals surface area contributed by atoms with Crippen molar-refractivity contribution in [2.45, 2.75) is 30.1 Å². The van der Waals surface area contributed by atoms with Crippen LogP contribution in [-0.2, 0) is 16.3 Å². The molecule has 0 N–H and O–H groups in total. The van der Waals surface area contributed by atoms with Gasteiger partial charge in [-0.15, -0.1) is 0 Å². The molecule has 0 fully saturated rings. The molecule has 0 saturated carbocycles. The number of benzene rings is 2. The molecule has 4 heteroatoms. The van der Waals surface area contributed by atoms with Crippen LogP contribution in [0.25, 0.3) is 0 Å². The molecule has 0 amide bonds. The molecule has 1 aliphatic rings. The van der Waals surface area contributed by atoms with Crippen molar-refractivity contribution in [3.63, 3.8) is 0 Å². The summed E-state index contributed by atoms with van der Waals surface area (Å²) in [5.74, 6) is 0.826. The zero-order chi connectivity index (χ0) is 13.6. The van der Waals surface area contributed by atoms with Gasteiger partial charge in [0.15, 0.2) is 0 Å². The predicted octanol–water partition coefficient (Wildman–Crippen LogP) is 3.50.